The molecule has 28 heavy (non-hydrogen) atoms. The maximum atomic E-state index is 12.8. The summed E-state index contributed by atoms with van der Waals surface area (Å²) in [6, 6.07) is 11.8. The SMILES string of the molecule is COc1ccc(S(=O)(=O)NC2CC2)cc1NC(=O)c1sc2ccccc2c1Cl. The van der Waals surface area contributed by atoms with Crippen molar-refractivity contribution in [3.63, 3.8) is 0 Å². The third kappa shape index (κ3) is 3.73. The van der Waals surface area contributed by atoms with Crippen LogP contribution in [0.25, 0.3) is 10.1 Å². The van der Waals surface area contributed by atoms with Gasteiger partial charge < -0.3 is 10.1 Å². The summed E-state index contributed by atoms with van der Waals surface area (Å²) in [5.41, 5.74) is 0.264. The molecule has 1 aliphatic carbocycles. The van der Waals surface area contributed by atoms with E-state index in [1.807, 2.05) is 24.3 Å². The summed E-state index contributed by atoms with van der Waals surface area (Å²) in [5.74, 6) is -0.0647. The number of nitrogens with one attached hydrogen (secondary N) is 2. The minimum Gasteiger partial charge on any atom is -0.495 e. The average molecular weight is 437 g/mol. The Labute approximate surface area is 171 Å². The Kier molecular flexibility index (Phi) is 5.05. The Hall–Kier alpha value is -2.13. The van der Waals surface area contributed by atoms with E-state index >= 15 is 0 Å². The highest BCUT2D eigenvalue weighted by atomic mass is 35.5. The first-order valence-corrected chi connectivity index (χ1v) is 11.3. The molecule has 0 aliphatic heterocycles. The fraction of sp³-hybridized carbons (Fsp3) is 0.211. The second kappa shape index (κ2) is 7.36. The first kappa shape index (κ1) is 19.2. The van der Waals surface area contributed by atoms with Crippen molar-refractivity contribution in [1.82, 2.24) is 4.72 Å². The van der Waals surface area contributed by atoms with E-state index in [2.05, 4.69) is 10.0 Å². The number of halogens is 1. The summed E-state index contributed by atoms with van der Waals surface area (Å²) in [7, 11) is -2.20. The predicted octanol–water partition coefficient (Wildman–Crippen LogP) is 4.26. The van der Waals surface area contributed by atoms with Gasteiger partial charge in [-0.3, -0.25) is 4.79 Å². The molecule has 0 radical (unpaired) electrons. The summed E-state index contributed by atoms with van der Waals surface area (Å²) in [6.07, 6.45) is 1.67. The summed E-state index contributed by atoms with van der Waals surface area (Å²) in [6.45, 7) is 0. The van der Waals surface area contributed by atoms with E-state index in [9.17, 15) is 13.2 Å². The van der Waals surface area contributed by atoms with Crippen molar-refractivity contribution in [2.45, 2.75) is 23.8 Å². The van der Waals surface area contributed by atoms with E-state index in [-0.39, 0.29) is 16.6 Å². The molecule has 1 saturated carbocycles. The number of ether oxygens (including phenoxy) is 1. The third-order valence-electron chi connectivity index (χ3n) is 4.37. The molecule has 4 rings (SSSR count). The van der Waals surface area contributed by atoms with Crippen molar-refractivity contribution in [3.05, 3.63) is 52.4 Å². The molecule has 2 N–H and O–H groups in total. The van der Waals surface area contributed by atoms with Gasteiger partial charge >= 0.3 is 0 Å². The van der Waals surface area contributed by atoms with Crippen molar-refractivity contribution >= 4 is 54.6 Å². The second-order valence-corrected chi connectivity index (χ2v) is 9.60. The Balaban J connectivity index is 1.66. The van der Waals surface area contributed by atoms with Gasteiger partial charge in [-0.25, -0.2) is 13.1 Å². The van der Waals surface area contributed by atoms with E-state index in [4.69, 9.17) is 16.3 Å². The maximum absolute atomic E-state index is 12.8. The van der Waals surface area contributed by atoms with Gasteiger partial charge in [-0.2, -0.15) is 0 Å². The lowest BCUT2D eigenvalue weighted by Crippen LogP contribution is -2.25. The number of hydrogen-bond donors (Lipinski definition) is 2. The number of amides is 1. The number of carbonyl (C=O) groups is 1. The molecule has 1 fully saturated rings. The zero-order valence-electron chi connectivity index (χ0n) is 14.9. The molecule has 0 unspecified atom stereocenters. The number of carbonyl (C=O) groups excluding carboxylic acids is 1. The monoisotopic (exact) mass is 436 g/mol. The fourth-order valence-corrected chi connectivity index (χ4v) is 5.52. The molecule has 6 nitrogen and oxygen atoms in total. The topological polar surface area (TPSA) is 84.5 Å². The number of fused-ring (bicyclic) bond motifs is 1. The molecule has 0 spiro atoms. The van der Waals surface area contributed by atoms with Gasteiger partial charge in [0, 0.05) is 16.1 Å². The van der Waals surface area contributed by atoms with Gasteiger partial charge in [-0.05, 0) is 37.1 Å². The van der Waals surface area contributed by atoms with Crippen LogP contribution in [-0.4, -0.2) is 27.5 Å². The lowest BCUT2D eigenvalue weighted by Gasteiger charge is -2.12. The van der Waals surface area contributed by atoms with Crippen LogP contribution in [0.1, 0.15) is 22.5 Å². The van der Waals surface area contributed by atoms with Gasteiger partial charge in [-0.15, -0.1) is 11.3 Å². The van der Waals surface area contributed by atoms with E-state index in [1.165, 1.54) is 36.6 Å². The van der Waals surface area contributed by atoms with Crippen LogP contribution in [0.4, 0.5) is 5.69 Å². The molecule has 1 aliphatic rings. The first-order chi connectivity index (χ1) is 13.4. The molecule has 0 bridgehead atoms. The summed E-state index contributed by atoms with van der Waals surface area (Å²) in [4.78, 5) is 13.2. The molecular weight excluding hydrogens is 420 g/mol. The Morgan fingerprint density at radius 2 is 1.96 bits per heavy atom. The van der Waals surface area contributed by atoms with E-state index in [0.717, 1.165) is 22.9 Å². The molecule has 1 amide bonds. The number of methoxy groups -OCH3 is 1. The van der Waals surface area contributed by atoms with E-state index in [1.54, 1.807) is 0 Å². The molecule has 1 heterocycles. The summed E-state index contributed by atoms with van der Waals surface area (Å²) < 4.78 is 33.7. The van der Waals surface area contributed by atoms with Crippen molar-refractivity contribution in [2.75, 3.05) is 12.4 Å². The highest BCUT2D eigenvalue weighted by Gasteiger charge is 2.28. The Bertz CT molecular complexity index is 1170. The van der Waals surface area contributed by atoms with Crippen LogP contribution in [0.15, 0.2) is 47.4 Å². The van der Waals surface area contributed by atoms with Crippen LogP contribution in [-0.2, 0) is 10.0 Å². The van der Waals surface area contributed by atoms with Crippen LogP contribution in [0.3, 0.4) is 0 Å². The lowest BCUT2D eigenvalue weighted by atomic mass is 10.2. The number of sulfonamides is 1. The van der Waals surface area contributed by atoms with Crippen LogP contribution in [0, 0.1) is 0 Å². The zero-order valence-corrected chi connectivity index (χ0v) is 17.2. The molecular formula is C19H17ClN2O4S2. The summed E-state index contributed by atoms with van der Waals surface area (Å²) >= 11 is 7.65. The van der Waals surface area contributed by atoms with Gasteiger partial charge in [-0.1, -0.05) is 29.8 Å². The molecule has 9 heteroatoms. The molecule has 0 saturated heterocycles. The van der Waals surface area contributed by atoms with Crippen LogP contribution >= 0.6 is 22.9 Å². The number of anilines is 1. The van der Waals surface area contributed by atoms with Crippen molar-refractivity contribution in [2.24, 2.45) is 0 Å². The standard InChI is InChI=1S/C19H17ClN2O4S2/c1-26-15-9-8-12(28(24,25)22-11-6-7-11)10-14(15)21-19(23)18-17(20)13-4-2-3-5-16(13)27-18/h2-5,8-11,22H,6-7H2,1H3,(H,21,23). The highest BCUT2D eigenvalue weighted by molar-refractivity contribution is 7.89. The zero-order chi connectivity index (χ0) is 19.9. The predicted molar refractivity (Wildman–Crippen MR) is 111 cm³/mol. The van der Waals surface area contributed by atoms with Crippen LogP contribution in [0.5, 0.6) is 5.75 Å². The van der Waals surface area contributed by atoms with Crippen molar-refractivity contribution in [3.8, 4) is 5.75 Å². The minimum absolute atomic E-state index is 0.0116. The molecule has 0 atom stereocenters. The Morgan fingerprint density at radius 3 is 2.64 bits per heavy atom. The number of rotatable bonds is 6. The average Bonchev–Trinajstić information content (AvgIpc) is 3.42. The number of thiophene rings is 1. The number of hydrogen-bond acceptors (Lipinski definition) is 5. The van der Waals surface area contributed by atoms with Gasteiger partial charge in [0.05, 0.1) is 22.7 Å². The molecule has 1 aromatic heterocycles. The normalized spacial score (nSPS) is 14.2. The van der Waals surface area contributed by atoms with Gasteiger partial charge in [0.1, 0.15) is 10.6 Å². The largest absolute Gasteiger partial charge is 0.495 e. The maximum Gasteiger partial charge on any atom is 0.267 e. The Morgan fingerprint density at radius 1 is 1.21 bits per heavy atom. The quantitative estimate of drug-likeness (QED) is 0.604. The first-order valence-electron chi connectivity index (χ1n) is 8.58. The molecule has 2 aromatic carbocycles. The van der Waals surface area contributed by atoms with Crippen LogP contribution < -0.4 is 14.8 Å². The smallest absolute Gasteiger partial charge is 0.267 e. The minimum atomic E-state index is -3.65. The third-order valence-corrected chi connectivity index (χ3v) is 7.56. The summed E-state index contributed by atoms with van der Waals surface area (Å²) in [5, 5.41) is 3.90. The molecule has 3 aromatic rings. The number of benzene rings is 2. The molecule has 146 valence electrons. The van der Waals surface area contributed by atoms with E-state index < -0.39 is 15.9 Å². The van der Waals surface area contributed by atoms with Gasteiger partial charge in [0.25, 0.3) is 5.91 Å². The van der Waals surface area contributed by atoms with Gasteiger partial charge in [0.2, 0.25) is 10.0 Å². The second-order valence-electron chi connectivity index (χ2n) is 6.45. The van der Waals surface area contributed by atoms with Gasteiger partial charge in [0.15, 0.2) is 0 Å². The highest BCUT2D eigenvalue weighted by Crippen LogP contribution is 2.36. The van der Waals surface area contributed by atoms with Crippen LogP contribution in [0.2, 0.25) is 5.02 Å². The lowest BCUT2D eigenvalue weighted by molar-refractivity contribution is 0.103. The van der Waals surface area contributed by atoms with Crippen molar-refractivity contribution < 1.29 is 17.9 Å². The van der Waals surface area contributed by atoms with Crippen molar-refractivity contribution in [1.29, 1.82) is 0 Å². The fourth-order valence-electron chi connectivity index (χ4n) is 2.78. The van der Waals surface area contributed by atoms with E-state index in [0.29, 0.717) is 15.6 Å².